The maximum absolute atomic E-state index is 5.42. The Bertz CT molecular complexity index is 162. The Labute approximate surface area is 127 Å². The standard InChI is InChI=1S/C12H27N.C6H10O/c1-2-3-4-5-6-7-8-9-10-11-12-13;1-3-5-7-6-4-2/h2-13H2,1H3;3-4H,1-2,5-6H2. The molecule has 0 heterocycles. The maximum Gasteiger partial charge on any atom is 0.0649 e. The molecule has 0 spiro atoms. The molecule has 0 rings (SSSR count). The number of nitrogens with two attached hydrogens (primary N) is 1. The minimum absolute atomic E-state index is 0.617. The van der Waals surface area contributed by atoms with E-state index in [0.717, 1.165) is 6.54 Å². The van der Waals surface area contributed by atoms with Crippen LogP contribution in [0.4, 0.5) is 0 Å². The van der Waals surface area contributed by atoms with Crippen molar-refractivity contribution in [3.8, 4) is 0 Å². The van der Waals surface area contributed by atoms with Crippen molar-refractivity contribution in [1.29, 1.82) is 0 Å². The van der Waals surface area contributed by atoms with Gasteiger partial charge in [-0.2, -0.15) is 0 Å². The molecule has 2 nitrogen and oxygen atoms in total. The maximum atomic E-state index is 5.42. The van der Waals surface area contributed by atoms with Gasteiger partial charge >= 0.3 is 0 Å². The Balaban J connectivity index is 0. The van der Waals surface area contributed by atoms with E-state index in [4.69, 9.17) is 10.5 Å². The van der Waals surface area contributed by atoms with Crippen LogP contribution in [-0.2, 0) is 4.74 Å². The third-order valence-corrected chi connectivity index (χ3v) is 3.03. The summed E-state index contributed by atoms with van der Waals surface area (Å²) in [4.78, 5) is 0. The first-order valence-corrected chi connectivity index (χ1v) is 8.33. The number of rotatable bonds is 14. The summed E-state index contributed by atoms with van der Waals surface area (Å²) in [5.74, 6) is 0. The van der Waals surface area contributed by atoms with E-state index < -0.39 is 0 Å². The Morgan fingerprint density at radius 3 is 1.50 bits per heavy atom. The second kappa shape index (κ2) is 23.5. The minimum Gasteiger partial charge on any atom is -0.373 e. The van der Waals surface area contributed by atoms with Crippen molar-refractivity contribution >= 4 is 0 Å². The quantitative estimate of drug-likeness (QED) is 0.349. The first-order valence-electron chi connectivity index (χ1n) is 8.33. The first kappa shape index (κ1) is 21.7. The largest absolute Gasteiger partial charge is 0.373 e. The molecule has 0 fully saturated rings. The molecule has 2 N–H and O–H groups in total. The van der Waals surface area contributed by atoms with E-state index >= 15 is 0 Å². The predicted octanol–water partition coefficient (Wildman–Crippen LogP) is 5.24. The van der Waals surface area contributed by atoms with E-state index in [1.165, 1.54) is 64.2 Å². The lowest BCUT2D eigenvalue weighted by Crippen LogP contribution is -1.97. The van der Waals surface area contributed by atoms with Gasteiger partial charge in [0, 0.05) is 0 Å². The van der Waals surface area contributed by atoms with Gasteiger partial charge in [0.05, 0.1) is 13.2 Å². The number of ether oxygens (including phenoxy) is 1. The van der Waals surface area contributed by atoms with Crippen LogP contribution in [0, 0.1) is 0 Å². The zero-order valence-corrected chi connectivity index (χ0v) is 13.7. The SMILES string of the molecule is C=CCOCC=C.CCCCCCCCCCCCN. The zero-order valence-electron chi connectivity index (χ0n) is 13.7. The lowest BCUT2D eigenvalue weighted by molar-refractivity contribution is 0.194. The molecule has 0 unspecified atom stereocenters. The van der Waals surface area contributed by atoms with Gasteiger partial charge in [0.25, 0.3) is 0 Å². The van der Waals surface area contributed by atoms with Crippen molar-refractivity contribution in [2.75, 3.05) is 19.8 Å². The highest BCUT2D eigenvalue weighted by molar-refractivity contribution is 4.68. The third-order valence-electron chi connectivity index (χ3n) is 3.03. The van der Waals surface area contributed by atoms with Crippen molar-refractivity contribution in [1.82, 2.24) is 0 Å². The fourth-order valence-corrected chi connectivity index (χ4v) is 1.87. The normalized spacial score (nSPS) is 9.70. The van der Waals surface area contributed by atoms with E-state index in [-0.39, 0.29) is 0 Å². The van der Waals surface area contributed by atoms with Crippen molar-refractivity contribution < 1.29 is 4.74 Å². The predicted molar refractivity (Wildman–Crippen MR) is 92.1 cm³/mol. The molecule has 0 saturated carbocycles. The molecule has 0 amide bonds. The van der Waals surface area contributed by atoms with Gasteiger partial charge in [-0.05, 0) is 13.0 Å². The molecule has 0 atom stereocenters. The Morgan fingerprint density at radius 1 is 0.750 bits per heavy atom. The van der Waals surface area contributed by atoms with Gasteiger partial charge in [0.1, 0.15) is 0 Å². The molecule has 0 aromatic heterocycles. The van der Waals surface area contributed by atoms with E-state index in [2.05, 4.69) is 20.1 Å². The highest BCUT2D eigenvalue weighted by atomic mass is 16.5. The van der Waals surface area contributed by atoms with Gasteiger partial charge in [0.15, 0.2) is 0 Å². The summed E-state index contributed by atoms with van der Waals surface area (Å²) < 4.78 is 4.90. The second-order valence-electron chi connectivity index (χ2n) is 5.09. The summed E-state index contributed by atoms with van der Waals surface area (Å²) in [6, 6.07) is 0. The fourth-order valence-electron chi connectivity index (χ4n) is 1.87. The van der Waals surface area contributed by atoms with Crippen molar-refractivity contribution in [3.63, 3.8) is 0 Å². The van der Waals surface area contributed by atoms with Gasteiger partial charge in [-0.3, -0.25) is 0 Å². The van der Waals surface area contributed by atoms with E-state index in [0.29, 0.717) is 13.2 Å². The molecule has 0 aliphatic carbocycles. The molecule has 2 heteroatoms. The van der Waals surface area contributed by atoms with Gasteiger partial charge in [-0.15, -0.1) is 13.2 Å². The van der Waals surface area contributed by atoms with Crippen LogP contribution in [-0.4, -0.2) is 19.8 Å². The smallest absolute Gasteiger partial charge is 0.0649 e. The summed E-state index contributed by atoms with van der Waals surface area (Å²) in [6.07, 6.45) is 17.4. The van der Waals surface area contributed by atoms with Gasteiger partial charge in [-0.25, -0.2) is 0 Å². The van der Waals surface area contributed by atoms with Crippen LogP contribution >= 0.6 is 0 Å². The lowest BCUT2D eigenvalue weighted by atomic mass is 10.1. The summed E-state index contributed by atoms with van der Waals surface area (Å²) >= 11 is 0. The molecular formula is C18H37NO. The topological polar surface area (TPSA) is 35.2 Å². The molecule has 120 valence electrons. The first-order chi connectivity index (χ1) is 9.83. The van der Waals surface area contributed by atoms with Crippen LogP contribution in [0.3, 0.4) is 0 Å². The molecule has 0 saturated heterocycles. The molecular weight excluding hydrogens is 246 g/mol. The summed E-state index contributed by atoms with van der Waals surface area (Å²) in [7, 11) is 0. The van der Waals surface area contributed by atoms with Crippen LogP contribution in [0.2, 0.25) is 0 Å². The number of hydrogen-bond acceptors (Lipinski definition) is 2. The number of hydrogen-bond donors (Lipinski definition) is 1. The fraction of sp³-hybridized carbons (Fsp3) is 0.778. The molecule has 0 aliphatic heterocycles. The summed E-state index contributed by atoms with van der Waals surface area (Å²) in [6.45, 7) is 11.3. The van der Waals surface area contributed by atoms with Crippen LogP contribution in [0.15, 0.2) is 25.3 Å². The molecule has 0 radical (unpaired) electrons. The zero-order chi connectivity index (χ0) is 15.3. The lowest BCUT2D eigenvalue weighted by Gasteiger charge is -2.00. The minimum atomic E-state index is 0.617. The second-order valence-corrected chi connectivity index (χ2v) is 5.09. The Morgan fingerprint density at radius 2 is 1.15 bits per heavy atom. The number of unbranched alkanes of at least 4 members (excludes halogenated alkanes) is 9. The highest BCUT2D eigenvalue weighted by Crippen LogP contribution is 2.09. The van der Waals surface area contributed by atoms with Crippen molar-refractivity contribution in [2.45, 2.75) is 71.1 Å². The molecule has 0 aromatic rings. The highest BCUT2D eigenvalue weighted by Gasteiger charge is 1.91. The average Bonchev–Trinajstić information content (AvgIpc) is 2.47. The average molecular weight is 283 g/mol. The monoisotopic (exact) mass is 283 g/mol. The van der Waals surface area contributed by atoms with Gasteiger partial charge in [0.2, 0.25) is 0 Å². The molecule has 0 aliphatic rings. The van der Waals surface area contributed by atoms with Crippen LogP contribution < -0.4 is 5.73 Å². The van der Waals surface area contributed by atoms with Crippen LogP contribution in [0.5, 0.6) is 0 Å². The van der Waals surface area contributed by atoms with E-state index in [1.54, 1.807) is 12.2 Å². The van der Waals surface area contributed by atoms with Gasteiger partial charge < -0.3 is 10.5 Å². The van der Waals surface area contributed by atoms with Crippen molar-refractivity contribution in [2.24, 2.45) is 5.73 Å². The molecule has 0 bridgehead atoms. The van der Waals surface area contributed by atoms with Gasteiger partial charge in [-0.1, -0.05) is 76.9 Å². The summed E-state index contributed by atoms with van der Waals surface area (Å²) in [5.41, 5.74) is 5.42. The summed E-state index contributed by atoms with van der Waals surface area (Å²) in [5, 5.41) is 0. The van der Waals surface area contributed by atoms with Crippen molar-refractivity contribution in [3.05, 3.63) is 25.3 Å². The van der Waals surface area contributed by atoms with Crippen LogP contribution in [0.25, 0.3) is 0 Å². The van der Waals surface area contributed by atoms with E-state index in [9.17, 15) is 0 Å². The van der Waals surface area contributed by atoms with E-state index in [1.807, 2.05) is 0 Å². The third kappa shape index (κ3) is 26.1. The molecule has 0 aromatic carbocycles. The Hall–Kier alpha value is -0.600. The molecule has 20 heavy (non-hydrogen) atoms. The Kier molecular flexibility index (Phi) is 25.5. The van der Waals surface area contributed by atoms with Crippen LogP contribution in [0.1, 0.15) is 71.1 Å².